The Morgan fingerprint density at radius 1 is 1.26 bits per heavy atom. The van der Waals surface area contributed by atoms with E-state index in [0.717, 1.165) is 36.4 Å². The number of carbonyl (C=O) groups is 2. The second-order valence-electron chi connectivity index (χ2n) is 6.67. The molecule has 142 valence electrons. The Hall–Kier alpha value is -2.13. The fraction of sp³-hybridized carbons (Fsp3) is 0.444. The van der Waals surface area contributed by atoms with E-state index in [0.29, 0.717) is 16.8 Å². The number of nitrogens with zero attached hydrogens (tertiary/aromatic N) is 2. The van der Waals surface area contributed by atoms with Gasteiger partial charge < -0.3 is 16.0 Å². The lowest BCUT2D eigenvalue weighted by molar-refractivity contribution is -0.116. The van der Waals surface area contributed by atoms with E-state index in [2.05, 4.69) is 25.9 Å². The third kappa shape index (κ3) is 4.41. The number of aromatic nitrogens is 2. The molecule has 2 aliphatic heterocycles. The van der Waals surface area contributed by atoms with Crippen molar-refractivity contribution in [1.29, 1.82) is 0 Å². The van der Waals surface area contributed by atoms with Crippen molar-refractivity contribution in [3.8, 4) is 11.4 Å². The summed E-state index contributed by atoms with van der Waals surface area (Å²) >= 11 is 3.32. The van der Waals surface area contributed by atoms with E-state index in [-0.39, 0.29) is 24.0 Å². The second-order valence-corrected chi connectivity index (χ2v) is 8.80. The summed E-state index contributed by atoms with van der Waals surface area (Å²) in [4.78, 5) is 32.2. The van der Waals surface area contributed by atoms with E-state index < -0.39 is 0 Å². The number of thioether (sulfide) groups is 1. The molecular weight excluding hydrogens is 382 g/mol. The zero-order valence-corrected chi connectivity index (χ0v) is 16.3. The normalized spacial score (nSPS) is 23.6. The zero-order chi connectivity index (χ0) is 18.6. The van der Waals surface area contributed by atoms with Gasteiger partial charge in [-0.1, -0.05) is 12.5 Å². The van der Waals surface area contributed by atoms with Crippen molar-refractivity contribution in [2.75, 3.05) is 11.1 Å². The molecule has 3 amide bonds. The number of thiazole rings is 1. The van der Waals surface area contributed by atoms with Crippen molar-refractivity contribution in [3.63, 3.8) is 0 Å². The highest BCUT2D eigenvalue weighted by molar-refractivity contribution is 8.00. The summed E-state index contributed by atoms with van der Waals surface area (Å²) in [7, 11) is 0. The fourth-order valence-electron chi connectivity index (χ4n) is 3.42. The second kappa shape index (κ2) is 8.26. The summed E-state index contributed by atoms with van der Waals surface area (Å²) in [6.07, 6.45) is 5.03. The van der Waals surface area contributed by atoms with Gasteiger partial charge in [0.1, 0.15) is 5.69 Å². The molecule has 0 radical (unpaired) electrons. The molecule has 4 rings (SSSR count). The van der Waals surface area contributed by atoms with E-state index in [1.807, 2.05) is 35.3 Å². The minimum absolute atomic E-state index is 0.00953. The van der Waals surface area contributed by atoms with Gasteiger partial charge in [-0.15, -0.1) is 11.3 Å². The van der Waals surface area contributed by atoms with Crippen LogP contribution < -0.4 is 16.0 Å². The Kier molecular flexibility index (Phi) is 5.58. The van der Waals surface area contributed by atoms with Gasteiger partial charge in [-0.3, -0.25) is 9.78 Å². The molecule has 2 aromatic heterocycles. The molecule has 3 N–H and O–H groups in total. The first kappa shape index (κ1) is 18.2. The van der Waals surface area contributed by atoms with Crippen LogP contribution in [0.5, 0.6) is 0 Å². The molecule has 2 fully saturated rings. The summed E-state index contributed by atoms with van der Waals surface area (Å²) in [5, 5.41) is 11.8. The maximum atomic E-state index is 12.1. The van der Waals surface area contributed by atoms with Crippen molar-refractivity contribution in [1.82, 2.24) is 20.6 Å². The van der Waals surface area contributed by atoms with Crippen LogP contribution in [-0.2, 0) is 4.79 Å². The van der Waals surface area contributed by atoms with Gasteiger partial charge in [0.2, 0.25) is 5.91 Å². The maximum Gasteiger partial charge on any atom is 0.315 e. The van der Waals surface area contributed by atoms with Gasteiger partial charge in [-0.25, -0.2) is 9.78 Å². The number of pyridine rings is 1. The van der Waals surface area contributed by atoms with E-state index >= 15 is 0 Å². The maximum absolute atomic E-state index is 12.1. The summed E-state index contributed by atoms with van der Waals surface area (Å²) < 4.78 is 0. The quantitative estimate of drug-likeness (QED) is 0.488. The Balaban J connectivity index is 1.18. The fourth-order valence-corrected chi connectivity index (χ4v) is 5.68. The first-order valence-corrected chi connectivity index (χ1v) is 11.0. The van der Waals surface area contributed by atoms with Crippen LogP contribution in [0.25, 0.3) is 11.4 Å². The number of unbranched alkanes of at least 4 members (excludes halogenated alkanes) is 1. The van der Waals surface area contributed by atoms with Crippen LogP contribution in [0, 0.1) is 0 Å². The van der Waals surface area contributed by atoms with Crippen LogP contribution >= 0.6 is 23.1 Å². The van der Waals surface area contributed by atoms with Crippen molar-refractivity contribution < 1.29 is 9.59 Å². The molecule has 0 aliphatic carbocycles. The molecule has 2 aliphatic rings. The lowest BCUT2D eigenvalue weighted by atomic mass is 10.0. The summed E-state index contributed by atoms with van der Waals surface area (Å²) in [6, 6.07) is 6.11. The van der Waals surface area contributed by atoms with Gasteiger partial charge in [0.05, 0.1) is 17.8 Å². The molecular formula is C18H21N5O2S2. The largest absolute Gasteiger partial charge is 0.332 e. The molecule has 9 heteroatoms. The average Bonchev–Trinajstić information content (AvgIpc) is 3.36. The van der Waals surface area contributed by atoms with Gasteiger partial charge in [0, 0.05) is 29.0 Å². The molecule has 27 heavy (non-hydrogen) atoms. The minimum atomic E-state index is -0.0526. The number of hydrogen-bond donors (Lipinski definition) is 3. The lowest BCUT2D eigenvalue weighted by Crippen LogP contribution is -2.36. The Morgan fingerprint density at radius 2 is 2.19 bits per heavy atom. The number of rotatable bonds is 7. The minimum Gasteiger partial charge on any atom is -0.332 e. The topological polar surface area (TPSA) is 96.0 Å². The number of amides is 3. The molecule has 0 saturated carbocycles. The SMILES string of the molecule is O=C(CCCCC1SCC2NC(=O)NC21)Nc1nc(-c2ccccn2)cs1. The third-order valence-corrected chi connectivity index (χ3v) is 7.02. The molecule has 0 bridgehead atoms. The van der Waals surface area contributed by atoms with Gasteiger partial charge in [0.25, 0.3) is 0 Å². The predicted octanol–water partition coefficient (Wildman–Crippen LogP) is 2.87. The average molecular weight is 404 g/mol. The predicted molar refractivity (Wildman–Crippen MR) is 108 cm³/mol. The third-order valence-electron chi connectivity index (χ3n) is 4.76. The number of nitrogens with one attached hydrogen (secondary N) is 3. The van der Waals surface area contributed by atoms with Gasteiger partial charge in [-0.2, -0.15) is 11.8 Å². The zero-order valence-electron chi connectivity index (χ0n) is 14.7. The van der Waals surface area contributed by atoms with Crippen LogP contribution in [0.1, 0.15) is 25.7 Å². The molecule has 3 atom stereocenters. The standard InChI is InChI=1S/C18H21N5O2S2/c24-15(22-18-21-12(9-27-18)11-5-3-4-8-19-11)7-2-1-6-14-16-13(10-26-14)20-17(25)23-16/h3-5,8-9,13-14,16H,1-2,6-7,10H2,(H2,20,23,25)(H,21,22,24). The van der Waals surface area contributed by atoms with E-state index in [1.54, 1.807) is 6.20 Å². The van der Waals surface area contributed by atoms with Gasteiger partial charge in [0.15, 0.2) is 5.13 Å². The molecule has 0 spiro atoms. The molecule has 7 nitrogen and oxygen atoms in total. The molecule has 2 saturated heterocycles. The highest BCUT2D eigenvalue weighted by Crippen LogP contribution is 2.33. The Labute approximate surface area is 165 Å². The van der Waals surface area contributed by atoms with E-state index in [1.165, 1.54) is 11.3 Å². The smallest absolute Gasteiger partial charge is 0.315 e. The first-order valence-electron chi connectivity index (χ1n) is 9.04. The molecule has 3 unspecified atom stereocenters. The van der Waals surface area contributed by atoms with Crippen molar-refractivity contribution >= 4 is 40.2 Å². The summed E-state index contributed by atoms with van der Waals surface area (Å²) in [6.45, 7) is 0. The Morgan fingerprint density at radius 3 is 3.04 bits per heavy atom. The van der Waals surface area contributed by atoms with Gasteiger partial charge >= 0.3 is 6.03 Å². The number of carbonyl (C=O) groups excluding carboxylic acids is 2. The summed E-state index contributed by atoms with van der Waals surface area (Å²) in [5.41, 5.74) is 1.58. The van der Waals surface area contributed by atoms with Crippen molar-refractivity contribution in [2.24, 2.45) is 0 Å². The van der Waals surface area contributed by atoms with Crippen molar-refractivity contribution in [3.05, 3.63) is 29.8 Å². The van der Waals surface area contributed by atoms with E-state index in [9.17, 15) is 9.59 Å². The number of urea groups is 1. The Bertz CT molecular complexity index is 813. The highest BCUT2D eigenvalue weighted by atomic mass is 32.2. The lowest BCUT2D eigenvalue weighted by Gasteiger charge is -2.16. The molecule has 2 aromatic rings. The first-order chi connectivity index (χ1) is 13.2. The van der Waals surface area contributed by atoms with Crippen LogP contribution in [0.4, 0.5) is 9.93 Å². The number of hydrogen-bond acceptors (Lipinski definition) is 6. The van der Waals surface area contributed by atoms with Crippen LogP contribution in [0.2, 0.25) is 0 Å². The van der Waals surface area contributed by atoms with E-state index in [4.69, 9.17) is 0 Å². The monoisotopic (exact) mass is 403 g/mol. The van der Waals surface area contributed by atoms with Gasteiger partial charge in [-0.05, 0) is 25.0 Å². The summed E-state index contributed by atoms with van der Waals surface area (Å²) in [5.74, 6) is 0.960. The molecule has 0 aromatic carbocycles. The highest BCUT2D eigenvalue weighted by Gasteiger charge is 2.42. The van der Waals surface area contributed by atoms with Crippen molar-refractivity contribution in [2.45, 2.75) is 43.0 Å². The van der Waals surface area contributed by atoms with Crippen LogP contribution in [0.3, 0.4) is 0 Å². The van der Waals surface area contributed by atoms with Crippen LogP contribution in [-0.4, -0.2) is 45.0 Å². The number of anilines is 1. The molecule has 4 heterocycles. The van der Waals surface area contributed by atoms with Crippen LogP contribution in [0.15, 0.2) is 29.8 Å². The number of fused-ring (bicyclic) bond motifs is 1.